The van der Waals surface area contributed by atoms with E-state index in [1.165, 1.54) is 0 Å². The second kappa shape index (κ2) is 17.9. The molecule has 0 heterocycles. The zero-order chi connectivity index (χ0) is 14.3. The number of hydrogen-bond donors (Lipinski definition) is 3. The fraction of sp³-hybridized carbons (Fsp3) is 0.714. The molecule has 0 amide bonds. The summed E-state index contributed by atoms with van der Waals surface area (Å²) in [6, 6.07) is 0. The summed E-state index contributed by atoms with van der Waals surface area (Å²) in [4.78, 5) is 0. The van der Waals surface area contributed by atoms with Crippen molar-refractivity contribution in [1.82, 2.24) is 0 Å². The van der Waals surface area contributed by atoms with Crippen molar-refractivity contribution in [2.45, 2.75) is 6.92 Å². The van der Waals surface area contributed by atoms with Gasteiger partial charge in [-0.15, -0.1) is 0 Å². The molecule has 0 unspecified atom stereocenters. The molecule has 0 aliphatic rings. The van der Waals surface area contributed by atoms with Gasteiger partial charge in [0.2, 0.25) is 0 Å². The molecule has 0 rings (SSSR count). The standard InChI is InChI=1S/C3H7NOS.C3H10O3Si.CH3NOS/c1-2-5-3(4)6;1-4-7(5-2)6-3;2-1(3)4/h2H2,1H3,(H2,4,6);7H,1-3H3;(H3,2,3,4). The molecule has 0 atom stereocenters. The second-order valence-corrected chi connectivity index (χ2v) is 4.90. The van der Waals surface area contributed by atoms with Crippen LogP contribution >= 0.6 is 24.4 Å². The molecule has 0 aromatic carbocycles. The molecule has 5 N–H and O–H groups in total. The van der Waals surface area contributed by atoms with Crippen molar-refractivity contribution < 1.29 is 23.1 Å². The van der Waals surface area contributed by atoms with E-state index in [0.717, 1.165) is 0 Å². The van der Waals surface area contributed by atoms with Gasteiger partial charge < -0.3 is 34.6 Å². The highest BCUT2D eigenvalue weighted by molar-refractivity contribution is 7.80. The Balaban J connectivity index is -0.000000180. The fourth-order valence-electron chi connectivity index (χ4n) is 0.431. The van der Waals surface area contributed by atoms with Crippen molar-refractivity contribution in [1.29, 1.82) is 0 Å². The lowest BCUT2D eigenvalue weighted by molar-refractivity contribution is 0.163. The maximum absolute atomic E-state index is 7.56. The lowest BCUT2D eigenvalue weighted by atomic mass is 10.9. The summed E-state index contributed by atoms with van der Waals surface area (Å²) in [5, 5.41) is 7.19. The smallest absolute Gasteiger partial charge is 0.483 e. The number of hydrogen-bond acceptors (Lipinski definition) is 6. The molecule has 7 nitrogen and oxygen atoms in total. The van der Waals surface area contributed by atoms with Crippen LogP contribution in [0.1, 0.15) is 6.92 Å². The summed E-state index contributed by atoms with van der Waals surface area (Å²) in [7, 11) is 3.05. The first kappa shape index (κ1) is 21.7. The highest BCUT2D eigenvalue weighted by Gasteiger charge is 2.04. The SMILES string of the molecule is CCOC(N)=S.CO[SiH](OC)OC.NC(O)=S. The number of rotatable bonds is 4. The summed E-state index contributed by atoms with van der Waals surface area (Å²) < 4.78 is 18.8. The quantitative estimate of drug-likeness (QED) is 0.476. The Morgan fingerprint density at radius 1 is 1.12 bits per heavy atom. The third-order valence-electron chi connectivity index (χ3n) is 0.864. The van der Waals surface area contributed by atoms with Gasteiger partial charge in [-0.05, 0) is 31.4 Å². The lowest BCUT2D eigenvalue weighted by Crippen LogP contribution is -2.21. The predicted molar refractivity (Wildman–Crippen MR) is 76.0 cm³/mol. The van der Waals surface area contributed by atoms with Crippen molar-refractivity contribution in [2.24, 2.45) is 11.5 Å². The first-order chi connectivity index (χ1) is 7.85. The topological polar surface area (TPSA) is 109 Å². The van der Waals surface area contributed by atoms with Crippen LogP contribution in [0.2, 0.25) is 0 Å². The zero-order valence-electron chi connectivity index (χ0n) is 10.3. The van der Waals surface area contributed by atoms with Crippen molar-refractivity contribution in [3.05, 3.63) is 0 Å². The fourth-order valence-corrected chi connectivity index (χ4v) is 1.13. The third-order valence-corrected chi connectivity index (χ3v) is 2.14. The first-order valence-electron chi connectivity index (χ1n) is 4.34. The molecule has 0 aromatic heterocycles. The minimum Gasteiger partial charge on any atom is -0.487 e. The van der Waals surface area contributed by atoms with E-state index < -0.39 is 14.7 Å². The monoisotopic (exact) mass is 304 g/mol. The van der Waals surface area contributed by atoms with Crippen molar-refractivity contribution in [3.8, 4) is 0 Å². The molecule has 0 bridgehead atoms. The molecule has 0 fully saturated rings. The number of thiocarbonyl (C=S) groups is 2. The van der Waals surface area contributed by atoms with E-state index in [1.807, 2.05) is 6.92 Å². The van der Waals surface area contributed by atoms with Crippen LogP contribution in [0.3, 0.4) is 0 Å². The summed E-state index contributed by atoms with van der Waals surface area (Å²) in [5.74, 6) is 0. The van der Waals surface area contributed by atoms with Gasteiger partial charge in [-0.2, -0.15) is 0 Å². The highest BCUT2D eigenvalue weighted by atomic mass is 32.1. The molecule has 0 radical (unpaired) electrons. The second-order valence-electron chi connectivity index (χ2n) is 2.09. The Morgan fingerprint density at radius 3 is 1.41 bits per heavy atom. The van der Waals surface area contributed by atoms with Crippen molar-refractivity contribution >= 4 is 44.3 Å². The van der Waals surface area contributed by atoms with E-state index in [4.69, 9.17) is 24.1 Å². The molecule has 0 aliphatic carbocycles. The summed E-state index contributed by atoms with van der Waals surface area (Å²) >= 11 is 8.22. The van der Waals surface area contributed by atoms with E-state index in [-0.39, 0.29) is 5.17 Å². The molecule has 0 aliphatic heterocycles. The van der Waals surface area contributed by atoms with Gasteiger partial charge >= 0.3 is 9.53 Å². The Hall–Kier alpha value is -0.523. The number of nitrogens with two attached hydrogens (primary N) is 2. The molecule has 0 aromatic rings. The van der Waals surface area contributed by atoms with Crippen LogP contribution in [0.25, 0.3) is 0 Å². The van der Waals surface area contributed by atoms with Gasteiger partial charge in [0.05, 0.1) is 6.61 Å². The van der Waals surface area contributed by atoms with E-state index in [9.17, 15) is 0 Å². The Morgan fingerprint density at radius 2 is 1.41 bits per heavy atom. The molecule has 0 saturated heterocycles. The minimum atomic E-state index is -1.67. The molecule has 104 valence electrons. The van der Waals surface area contributed by atoms with Crippen LogP contribution in [0.5, 0.6) is 0 Å². The van der Waals surface area contributed by atoms with E-state index >= 15 is 0 Å². The van der Waals surface area contributed by atoms with Crippen LogP contribution in [-0.4, -0.2) is 52.9 Å². The van der Waals surface area contributed by atoms with Crippen LogP contribution in [-0.2, 0) is 18.0 Å². The average Bonchev–Trinajstić information content (AvgIpc) is 2.20. The Bertz CT molecular complexity index is 186. The largest absolute Gasteiger partial charge is 0.487 e. The molecular formula is C7H20N2O5S2Si. The van der Waals surface area contributed by atoms with Gasteiger partial charge in [0, 0.05) is 21.3 Å². The Kier molecular flexibility index (Phi) is 22.8. The van der Waals surface area contributed by atoms with Crippen molar-refractivity contribution in [3.63, 3.8) is 0 Å². The lowest BCUT2D eigenvalue weighted by Gasteiger charge is -2.05. The van der Waals surface area contributed by atoms with E-state index in [0.29, 0.717) is 6.61 Å². The maximum atomic E-state index is 7.56. The van der Waals surface area contributed by atoms with Gasteiger partial charge in [0.15, 0.2) is 0 Å². The average molecular weight is 304 g/mol. The normalized spacial score (nSPS) is 8.29. The van der Waals surface area contributed by atoms with E-state index in [2.05, 4.69) is 34.9 Å². The van der Waals surface area contributed by atoms with Gasteiger partial charge in [-0.25, -0.2) is 0 Å². The number of aliphatic hydroxyl groups excluding tert-OH is 1. The molecule has 0 spiro atoms. The minimum absolute atomic E-state index is 0.123. The van der Waals surface area contributed by atoms with Gasteiger partial charge in [-0.3, -0.25) is 0 Å². The predicted octanol–water partition coefficient (Wildman–Crippen LogP) is -0.303. The van der Waals surface area contributed by atoms with Crippen molar-refractivity contribution in [2.75, 3.05) is 27.9 Å². The van der Waals surface area contributed by atoms with Crippen LogP contribution in [0.15, 0.2) is 0 Å². The van der Waals surface area contributed by atoms with Gasteiger partial charge in [0.25, 0.3) is 10.3 Å². The summed E-state index contributed by atoms with van der Waals surface area (Å²) in [6.45, 7) is 2.40. The Labute approximate surface area is 114 Å². The highest BCUT2D eigenvalue weighted by Crippen LogP contribution is 1.81. The maximum Gasteiger partial charge on any atom is 0.483 e. The number of aliphatic hydroxyl groups is 1. The van der Waals surface area contributed by atoms with Crippen LogP contribution in [0.4, 0.5) is 0 Å². The number of ether oxygens (including phenoxy) is 1. The van der Waals surface area contributed by atoms with E-state index in [1.54, 1.807) is 21.3 Å². The summed E-state index contributed by atoms with van der Waals surface area (Å²) in [5.41, 5.74) is 9.31. The summed E-state index contributed by atoms with van der Waals surface area (Å²) in [6.07, 6.45) is 0. The molecule has 10 heteroatoms. The molecular weight excluding hydrogens is 284 g/mol. The zero-order valence-corrected chi connectivity index (χ0v) is 13.1. The van der Waals surface area contributed by atoms with Gasteiger partial charge in [-0.1, -0.05) is 0 Å². The van der Waals surface area contributed by atoms with Crippen LogP contribution in [0, 0.1) is 0 Å². The molecule has 0 saturated carbocycles. The van der Waals surface area contributed by atoms with Crippen LogP contribution < -0.4 is 11.5 Å². The van der Waals surface area contributed by atoms with Gasteiger partial charge in [0.1, 0.15) is 0 Å². The molecule has 17 heavy (non-hydrogen) atoms. The third kappa shape index (κ3) is 39.1. The first-order valence-corrected chi connectivity index (χ1v) is 6.57.